The minimum atomic E-state index is 0.572. The van der Waals surface area contributed by atoms with E-state index in [0.717, 1.165) is 16.7 Å². The summed E-state index contributed by atoms with van der Waals surface area (Å²) in [6, 6.07) is 11.0. The minimum absolute atomic E-state index is 0.572. The molecule has 1 radical (unpaired) electrons. The molecule has 0 aromatic heterocycles. The predicted molar refractivity (Wildman–Crippen MR) is 71.4 cm³/mol. The van der Waals surface area contributed by atoms with E-state index in [9.17, 15) is 0 Å². The molecule has 0 unspecified atom stereocenters. The van der Waals surface area contributed by atoms with Crippen LogP contribution in [0.3, 0.4) is 0 Å². The third-order valence-electron chi connectivity index (χ3n) is 2.29. The molecule has 2 aromatic carbocycles. The lowest BCUT2D eigenvalue weighted by atomic mass is 10.0. The Morgan fingerprint density at radius 3 is 2.06 bits per heavy atom. The van der Waals surface area contributed by atoms with Crippen LogP contribution in [0.4, 0.5) is 0 Å². The van der Waals surface area contributed by atoms with E-state index in [-0.39, 0.29) is 0 Å². The number of benzene rings is 2. The van der Waals surface area contributed by atoms with Gasteiger partial charge in [0.05, 0.1) is 0 Å². The van der Waals surface area contributed by atoms with Crippen LogP contribution in [0.2, 0.25) is 15.1 Å². The van der Waals surface area contributed by atoms with Gasteiger partial charge in [0.25, 0.3) is 0 Å². The van der Waals surface area contributed by atoms with Crippen molar-refractivity contribution in [3.63, 3.8) is 0 Å². The fraction of sp³-hybridized carbons (Fsp3) is 0. The van der Waals surface area contributed by atoms with Gasteiger partial charge in [-0.3, -0.25) is 0 Å². The van der Waals surface area contributed by atoms with Gasteiger partial charge >= 0.3 is 0 Å². The molecule has 0 aliphatic rings. The zero-order valence-electron chi connectivity index (χ0n) is 8.31. The SMILES string of the molecule is [CH2]c1cc(-c2ccc(Cl)cc2)c(Cl)cc1Cl. The summed E-state index contributed by atoms with van der Waals surface area (Å²) < 4.78 is 0. The minimum Gasteiger partial charge on any atom is -0.0843 e. The Morgan fingerprint density at radius 2 is 1.44 bits per heavy atom. The van der Waals surface area contributed by atoms with Crippen molar-refractivity contribution >= 4 is 34.8 Å². The molecule has 0 spiro atoms. The van der Waals surface area contributed by atoms with Crippen LogP contribution in [-0.2, 0) is 0 Å². The highest BCUT2D eigenvalue weighted by molar-refractivity contribution is 6.37. The first kappa shape index (κ1) is 11.8. The lowest BCUT2D eigenvalue weighted by molar-refractivity contribution is 1.57. The molecule has 0 saturated carbocycles. The fourth-order valence-electron chi connectivity index (χ4n) is 1.44. The number of halogens is 3. The lowest BCUT2D eigenvalue weighted by Gasteiger charge is -2.07. The molecule has 0 nitrogen and oxygen atoms in total. The summed E-state index contributed by atoms with van der Waals surface area (Å²) in [5.41, 5.74) is 2.67. The molecule has 2 aromatic rings. The summed E-state index contributed by atoms with van der Waals surface area (Å²) in [5.74, 6) is 0. The van der Waals surface area contributed by atoms with Gasteiger partial charge in [-0.2, -0.15) is 0 Å². The van der Waals surface area contributed by atoms with Crippen molar-refractivity contribution in [1.29, 1.82) is 0 Å². The van der Waals surface area contributed by atoms with Gasteiger partial charge < -0.3 is 0 Å². The van der Waals surface area contributed by atoms with E-state index in [0.29, 0.717) is 15.1 Å². The molecule has 0 fully saturated rings. The van der Waals surface area contributed by atoms with Crippen LogP contribution in [0.5, 0.6) is 0 Å². The molecular formula is C13H8Cl3. The highest BCUT2D eigenvalue weighted by Gasteiger charge is 2.06. The molecule has 0 amide bonds. The smallest absolute Gasteiger partial charge is 0.0499 e. The summed E-state index contributed by atoms with van der Waals surface area (Å²) in [5, 5.41) is 1.88. The normalized spacial score (nSPS) is 10.5. The Morgan fingerprint density at radius 1 is 0.812 bits per heavy atom. The molecule has 16 heavy (non-hydrogen) atoms. The van der Waals surface area contributed by atoms with Gasteiger partial charge in [0.1, 0.15) is 0 Å². The molecule has 0 aliphatic carbocycles. The van der Waals surface area contributed by atoms with E-state index >= 15 is 0 Å². The second-order valence-corrected chi connectivity index (χ2v) is 4.68. The Bertz CT molecular complexity index is 515. The summed E-state index contributed by atoms with van der Waals surface area (Å²) in [6.07, 6.45) is 0. The van der Waals surface area contributed by atoms with Crippen molar-refractivity contribution in [2.45, 2.75) is 0 Å². The van der Waals surface area contributed by atoms with Crippen molar-refractivity contribution < 1.29 is 0 Å². The average molecular weight is 271 g/mol. The van der Waals surface area contributed by atoms with Crippen LogP contribution >= 0.6 is 34.8 Å². The maximum absolute atomic E-state index is 6.13. The maximum atomic E-state index is 6.13. The largest absolute Gasteiger partial charge is 0.0843 e. The monoisotopic (exact) mass is 269 g/mol. The van der Waals surface area contributed by atoms with Gasteiger partial charge in [0.2, 0.25) is 0 Å². The summed E-state index contributed by atoms with van der Waals surface area (Å²) in [4.78, 5) is 0. The maximum Gasteiger partial charge on any atom is 0.0499 e. The lowest BCUT2D eigenvalue weighted by Crippen LogP contribution is -1.83. The van der Waals surface area contributed by atoms with Crippen molar-refractivity contribution in [1.82, 2.24) is 0 Å². The summed E-state index contributed by atoms with van der Waals surface area (Å²) in [6.45, 7) is 3.85. The van der Waals surface area contributed by atoms with Crippen LogP contribution in [0.15, 0.2) is 36.4 Å². The van der Waals surface area contributed by atoms with E-state index in [1.165, 1.54) is 0 Å². The van der Waals surface area contributed by atoms with E-state index in [1.807, 2.05) is 30.3 Å². The molecule has 0 N–H and O–H groups in total. The standard InChI is InChI=1S/C13H8Cl3/c1-8-6-11(13(16)7-12(8)15)9-2-4-10(14)5-3-9/h2-7H,1H2. The number of hydrogen-bond donors (Lipinski definition) is 0. The fourth-order valence-corrected chi connectivity index (χ4v) is 2.06. The highest BCUT2D eigenvalue weighted by atomic mass is 35.5. The van der Waals surface area contributed by atoms with Crippen molar-refractivity contribution in [2.75, 3.05) is 0 Å². The zero-order chi connectivity index (χ0) is 11.7. The predicted octanol–water partition coefficient (Wildman–Crippen LogP) is 5.50. The van der Waals surface area contributed by atoms with E-state index in [1.54, 1.807) is 6.07 Å². The van der Waals surface area contributed by atoms with E-state index in [2.05, 4.69) is 6.92 Å². The van der Waals surface area contributed by atoms with E-state index in [4.69, 9.17) is 34.8 Å². The molecule has 81 valence electrons. The van der Waals surface area contributed by atoms with Gasteiger partial charge in [-0.25, -0.2) is 0 Å². The third kappa shape index (κ3) is 2.35. The molecule has 0 bridgehead atoms. The van der Waals surface area contributed by atoms with Gasteiger partial charge in [0.15, 0.2) is 0 Å². The van der Waals surface area contributed by atoms with Crippen molar-refractivity contribution in [2.24, 2.45) is 0 Å². The van der Waals surface area contributed by atoms with Crippen LogP contribution in [-0.4, -0.2) is 0 Å². The quantitative estimate of drug-likeness (QED) is 0.642. The Hall–Kier alpha value is -0.690. The van der Waals surface area contributed by atoms with Gasteiger partial charge in [-0.05, 0) is 42.3 Å². The van der Waals surface area contributed by atoms with Gasteiger partial charge in [-0.1, -0.05) is 46.9 Å². The van der Waals surface area contributed by atoms with Gasteiger partial charge in [0, 0.05) is 20.6 Å². The molecule has 0 heterocycles. The molecular weight excluding hydrogens is 263 g/mol. The number of rotatable bonds is 1. The Labute approximate surface area is 110 Å². The average Bonchev–Trinajstić information content (AvgIpc) is 2.25. The molecule has 2 rings (SSSR count). The number of hydrogen-bond acceptors (Lipinski definition) is 0. The Balaban J connectivity index is 2.56. The topological polar surface area (TPSA) is 0 Å². The zero-order valence-corrected chi connectivity index (χ0v) is 10.6. The van der Waals surface area contributed by atoms with Crippen molar-refractivity contribution in [3.8, 4) is 11.1 Å². The second kappa shape index (κ2) is 4.67. The van der Waals surface area contributed by atoms with Crippen LogP contribution in [0.1, 0.15) is 5.56 Å². The first-order valence-electron chi connectivity index (χ1n) is 4.65. The molecule has 0 atom stereocenters. The second-order valence-electron chi connectivity index (χ2n) is 3.43. The molecule has 0 aliphatic heterocycles. The third-order valence-corrected chi connectivity index (χ3v) is 3.21. The van der Waals surface area contributed by atoms with Crippen molar-refractivity contribution in [3.05, 3.63) is 64.0 Å². The molecule has 3 heteroatoms. The molecule has 0 saturated heterocycles. The first-order chi connectivity index (χ1) is 7.58. The first-order valence-corrected chi connectivity index (χ1v) is 5.78. The van der Waals surface area contributed by atoms with E-state index < -0.39 is 0 Å². The van der Waals surface area contributed by atoms with Crippen LogP contribution < -0.4 is 0 Å². The van der Waals surface area contributed by atoms with Crippen LogP contribution in [0, 0.1) is 6.92 Å². The summed E-state index contributed by atoms with van der Waals surface area (Å²) >= 11 is 17.9. The Kier molecular flexibility index (Phi) is 3.44. The van der Waals surface area contributed by atoms with Crippen LogP contribution in [0.25, 0.3) is 11.1 Å². The highest BCUT2D eigenvalue weighted by Crippen LogP contribution is 2.33. The van der Waals surface area contributed by atoms with Gasteiger partial charge in [-0.15, -0.1) is 0 Å². The summed E-state index contributed by atoms with van der Waals surface area (Å²) in [7, 11) is 0.